The standard InChI is InChI=1S/C15H22N2O4/c1-3-16-13-9-21-14-8-11(4-5-12(13)14)20-10-15(18)17-6-7-19-2/h4-5,8,13,16H,3,6-7,9-10H2,1-2H3,(H,17,18). The smallest absolute Gasteiger partial charge is 0.258 e. The molecule has 0 bridgehead atoms. The summed E-state index contributed by atoms with van der Waals surface area (Å²) in [6, 6.07) is 5.90. The molecule has 0 spiro atoms. The third kappa shape index (κ3) is 4.34. The van der Waals surface area contributed by atoms with E-state index in [2.05, 4.69) is 17.6 Å². The summed E-state index contributed by atoms with van der Waals surface area (Å²) >= 11 is 0. The van der Waals surface area contributed by atoms with Crippen molar-refractivity contribution in [1.29, 1.82) is 0 Å². The SMILES string of the molecule is CCNC1COc2cc(OCC(=O)NCCOC)ccc21. The molecule has 1 aliphatic heterocycles. The van der Waals surface area contributed by atoms with E-state index in [0.29, 0.717) is 25.5 Å². The van der Waals surface area contributed by atoms with Gasteiger partial charge in [0.05, 0.1) is 12.6 Å². The van der Waals surface area contributed by atoms with Crippen molar-refractivity contribution in [3.05, 3.63) is 23.8 Å². The maximum atomic E-state index is 11.5. The van der Waals surface area contributed by atoms with Gasteiger partial charge < -0.3 is 24.8 Å². The number of rotatable bonds is 8. The van der Waals surface area contributed by atoms with Crippen molar-refractivity contribution in [2.24, 2.45) is 0 Å². The predicted octanol–water partition coefficient (Wildman–Crippen LogP) is 0.871. The molecule has 6 nitrogen and oxygen atoms in total. The Morgan fingerprint density at radius 2 is 2.33 bits per heavy atom. The van der Waals surface area contributed by atoms with Crippen LogP contribution in [-0.4, -0.2) is 45.9 Å². The zero-order chi connectivity index (χ0) is 15.1. The molecule has 1 aromatic rings. The third-order valence-electron chi connectivity index (χ3n) is 3.21. The molecule has 0 saturated carbocycles. The molecule has 2 rings (SSSR count). The number of methoxy groups -OCH3 is 1. The van der Waals surface area contributed by atoms with Gasteiger partial charge in [-0.15, -0.1) is 0 Å². The zero-order valence-corrected chi connectivity index (χ0v) is 12.5. The van der Waals surface area contributed by atoms with Gasteiger partial charge in [0.1, 0.15) is 18.1 Å². The molecule has 0 aliphatic carbocycles. The molecule has 21 heavy (non-hydrogen) atoms. The summed E-state index contributed by atoms with van der Waals surface area (Å²) in [6.45, 7) is 4.55. The zero-order valence-electron chi connectivity index (χ0n) is 12.5. The van der Waals surface area contributed by atoms with Crippen molar-refractivity contribution < 1.29 is 19.0 Å². The van der Waals surface area contributed by atoms with Gasteiger partial charge in [0.15, 0.2) is 6.61 Å². The second-order valence-corrected chi connectivity index (χ2v) is 4.75. The molecule has 0 aromatic heterocycles. The first kappa shape index (κ1) is 15.6. The topological polar surface area (TPSA) is 68.8 Å². The highest BCUT2D eigenvalue weighted by molar-refractivity contribution is 5.77. The van der Waals surface area contributed by atoms with E-state index in [0.717, 1.165) is 17.9 Å². The fraction of sp³-hybridized carbons (Fsp3) is 0.533. The van der Waals surface area contributed by atoms with E-state index < -0.39 is 0 Å². The Morgan fingerprint density at radius 3 is 3.10 bits per heavy atom. The molecule has 6 heteroatoms. The van der Waals surface area contributed by atoms with Crippen LogP contribution in [0.5, 0.6) is 11.5 Å². The number of fused-ring (bicyclic) bond motifs is 1. The van der Waals surface area contributed by atoms with Crippen LogP contribution in [-0.2, 0) is 9.53 Å². The Kier molecular flexibility index (Phi) is 5.83. The molecule has 0 fully saturated rings. The van der Waals surface area contributed by atoms with Gasteiger partial charge in [-0.1, -0.05) is 6.92 Å². The van der Waals surface area contributed by atoms with E-state index in [1.165, 1.54) is 0 Å². The van der Waals surface area contributed by atoms with E-state index in [-0.39, 0.29) is 18.6 Å². The quantitative estimate of drug-likeness (QED) is 0.696. The second kappa shape index (κ2) is 7.85. The molecule has 116 valence electrons. The first-order valence-electron chi connectivity index (χ1n) is 7.13. The lowest BCUT2D eigenvalue weighted by molar-refractivity contribution is -0.123. The number of nitrogens with one attached hydrogen (secondary N) is 2. The second-order valence-electron chi connectivity index (χ2n) is 4.75. The fourth-order valence-corrected chi connectivity index (χ4v) is 2.19. The van der Waals surface area contributed by atoms with Gasteiger partial charge in [-0.3, -0.25) is 4.79 Å². The van der Waals surface area contributed by atoms with Gasteiger partial charge in [-0.25, -0.2) is 0 Å². The lowest BCUT2D eigenvalue weighted by Gasteiger charge is -2.10. The van der Waals surface area contributed by atoms with E-state index in [1.807, 2.05) is 18.2 Å². The normalized spacial score (nSPS) is 16.2. The number of amides is 1. The van der Waals surface area contributed by atoms with Crippen LogP contribution < -0.4 is 20.1 Å². The summed E-state index contributed by atoms with van der Waals surface area (Å²) in [7, 11) is 1.59. The Morgan fingerprint density at radius 1 is 1.48 bits per heavy atom. The molecule has 0 saturated heterocycles. The van der Waals surface area contributed by atoms with Crippen LogP contribution >= 0.6 is 0 Å². The molecular weight excluding hydrogens is 272 g/mol. The summed E-state index contributed by atoms with van der Waals surface area (Å²) in [5.41, 5.74) is 1.13. The molecule has 1 heterocycles. The Hall–Kier alpha value is -1.79. The minimum atomic E-state index is -0.168. The largest absolute Gasteiger partial charge is 0.491 e. The highest BCUT2D eigenvalue weighted by atomic mass is 16.5. The molecule has 0 radical (unpaired) electrons. The number of carbonyl (C=O) groups excluding carboxylic acids is 1. The molecule has 1 unspecified atom stereocenters. The average Bonchev–Trinajstić information content (AvgIpc) is 2.88. The van der Waals surface area contributed by atoms with Crippen molar-refractivity contribution in [2.45, 2.75) is 13.0 Å². The number of benzene rings is 1. The van der Waals surface area contributed by atoms with Gasteiger partial charge >= 0.3 is 0 Å². The van der Waals surface area contributed by atoms with E-state index in [1.54, 1.807) is 7.11 Å². The highest BCUT2D eigenvalue weighted by Gasteiger charge is 2.23. The van der Waals surface area contributed by atoms with Crippen LogP contribution in [0.2, 0.25) is 0 Å². The lowest BCUT2D eigenvalue weighted by Crippen LogP contribution is -2.31. The fourth-order valence-electron chi connectivity index (χ4n) is 2.19. The summed E-state index contributed by atoms with van der Waals surface area (Å²) in [6.07, 6.45) is 0. The predicted molar refractivity (Wildman–Crippen MR) is 78.7 cm³/mol. The number of hydrogen-bond donors (Lipinski definition) is 2. The molecule has 2 N–H and O–H groups in total. The van der Waals surface area contributed by atoms with Crippen molar-refractivity contribution in [3.8, 4) is 11.5 Å². The van der Waals surface area contributed by atoms with Crippen molar-refractivity contribution in [1.82, 2.24) is 10.6 Å². The first-order valence-corrected chi connectivity index (χ1v) is 7.13. The van der Waals surface area contributed by atoms with Gasteiger partial charge in [0.25, 0.3) is 5.91 Å². The van der Waals surface area contributed by atoms with Gasteiger partial charge in [-0.05, 0) is 18.7 Å². The monoisotopic (exact) mass is 294 g/mol. The van der Waals surface area contributed by atoms with E-state index in [9.17, 15) is 4.79 Å². The maximum Gasteiger partial charge on any atom is 0.258 e. The number of ether oxygens (including phenoxy) is 3. The highest BCUT2D eigenvalue weighted by Crippen LogP contribution is 2.35. The van der Waals surface area contributed by atoms with E-state index >= 15 is 0 Å². The van der Waals surface area contributed by atoms with Crippen molar-refractivity contribution in [2.75, 3.05) is 40.0 Å². The van der Waals surface area contributed by atoms with Crippen LogP contribution in [0.4, 0.5) is 0 Å². The van der Waals surface area contributed by atoms with Gasteiger partial charge in [0.2, 0.25) is 0 Å². The Labute approximate surface area is 124 Å². The summed E-state index contributed by atoms with van der Waals surface area (Å²) in [4.78, 5) is 11.5. The van der Waals surface area contributed by atoms with Crippen molar-refractivity contribution >= 4 is 5.91 Å². The number of hydrogen-bond acceptors (Lipinski definition) is 5. The molecule has 1 aromatic carbocycles. The van der Waals surface area contributed by atoms with Crippen molar-refractivity contribution in [3.63, 3.8) is 0 Å². The summed E-state index contributed by atoms with van der Waals surface area (Å²) in [5.74, 6) is 1.28. The Balaban J connectivity index is 1.84. The van der Waals surface area contributed by atoms with Crippen LogP contribution in [0.3, 0.4) is 0 Å². The van der Waals surface area contributed by atoms with E-state index in [4.69, 9.17) is 14.2 Å². The number of carbonyl (C=O) groups is 1. The minimum absolute atomic E-state index is 0.0147. The average molecular weight is 294 g/mol. The molecule has 1 aliphatic rings. The van der Waals surface area contributed by atoms with Gasteiger partial charge in [0, 0.05) is 25.3 Å². The molecular formula is C15H22N2O4. The third-order valence-corrected chi connectivity index (χ3v) is 3.21. The Bertz CT molecular complexity index is 479. The van der Waals surface area contributed by atoms with Crippen LogP contribution in [0.1, 0.15) is 18.5 Å². The molecule has 1 atom stereocenters. The lowest BCUT2D eigenvalue weighted by atomic mass is 10.1. The summed E-state index contributed by atoms with van der Waals surface area (Å²) in [5, 5.41) is 6.06. The number of likely N-dealkylation sites (N-methyl/N-ethyl adjacent to an activating group) is 1. The first-order chi connectivity index (χ1) is 10.2. The molecule has 1 amide bonds. The summed E-state index contributed by atoms with van der Waals surface area (Å²) < 4.78 is 16.0. The van der Waals surface area contributed by atoms with Gasteiger partial charge in [-0.2, -0.15) is 0 Å². The van der Waals surface area contributed by atoms with Crippen LogP contribution in [0.15, 0.2) is 18.2 Å². The minimum Gasteiger partial charge on any atom is -0.491 e. The van der Waals surface area contributed by atoms with Crippen LogP contribution in [0.25, 0.3) is 0 Å². The van der Waals surface area contributed by atoms with Crippen LogP contribution in [0, 0.1) is 0 Å². The maximum absolute atomic E-state index is 11.5.